The van der Waals surface area contributed by atoms with Gasteiger partial charge in [-0.25, -0.2) is 0 Å². The van der Waals surface area contributed by atoms with Gasteiger partial charge >= 0.3 is 0 Å². The summed E-state index contributed by atoms with van der Waals surface area (Å²) in [4.78, 5) is 26.4. The number of nitrogens with one attached hydrogen (secondary N) is 1. The molecule has 1 aliphatic heterocycles. The van der Waals surface area contributed by atoms with Gasteiger partial charge in [-0.3, -0.25) is 14.7 Å². The van der Waals surface area contributed by atoms with Crippen molar-refractivity contribution >= 4 is 17.4 Å². The molecule has 5 heteroatoms. The number of aryl methyl sites for hydroxylation is 1. The number of fused-ring (bicyclic) bond motifs is 1. The maximum Gasteiger partial charge on any atom is 0.261 e. The predicted octanol–water partition coefficient (Wildman–Crippen LogP) is 2.34. The van der Waals surface area contributed by atoms with Crippen LogP contribution in [0.25, 0.3) is 0 Å². The van der Waals surface area contributed by atoms with Gasteiger partial charge in [-0.1, -0.05) is 12.1 Å². The van der Waals surface area contributed by atoms with E-state index in [1.54, 1.807) is 11.0 Å². The van der Waals surface area contributed by atoms with Crippen LogP contribution in [-0.4, -0.2) is 28.4 Å². The van der Waals surface area contributed by atoms with Gasteiger partial charge in [-0.2, -0.15) is 5.10 Å². The lowest BCUT2D eigenvalue weighted by Crippen LogP contribution is -2.32. The molecule has 2 aromatic rings. The highest BCUT2D eigenvalue weighted by molar-refractivity contribution is 6.11. The Balaban J connectivity index is 2.06. The number of para-hydroxylation sites is 1. The third-order valence-corrected chi connectivity index (χ3v) is 3.59. The van der Waals surface area contributed by atoms with Crippen LogP contribution >= 0.6 is 0 Å². The van der Waals surface area contributed by atoms with Crippen LogP contribution < -0.4 is 4.90 Å². The lowest BCUT2D eigenvalue weighted by molar-refractivity contribution is 0.0973. The van der Waals surface area contributed by atoms with E-state index in [4.69, 9.17) is 0 Å². The van der Waals surface area contributed by atoms with Gasteiger partial charge in [0.15, 0.2) is 5.78 Å². The van der Waals surface area contributed by atoms with Gasteiger partial charge < -0.3 is 4.90 Å². The summed E-state index contributed by atoms with van der Waals surface area (Å²) in [7, 11) is 0. The van der Waals surface area contributed by atoms with E-state index < -0.39 is 0 Å². The molecule has 0 bridgehead atoms. The van der Waals surface area contributed by atoms with Crippen molar-refractivity contribution < 1.29 is 9.59 Å². The highest BCUT2D eigenvalue weighted by Crippen LogP contribution is 2.27. The Bertz CT molecular complexity index is 675. The van der Waals surface area contributed by atoms with Crippen LogP contribution in [0.4, 0.5) is 5.69 Å². The van der Waals surface area contributed by atoms with Crippen molar-refractivity contribution in [2.24, 2.45) is 0 Å². The van der Waals surface area contributed by atoms with Crippen LogP contribution in [0, 0.1) is 6.92 Å². The average molecular weight is 269 g/mol. The topological polar surface area (TPSA) is 66.1 Å². The fraction of sp³-hybridized carbons (Fsp3) is 0.267. The molecule has 102 valence electrons. The Hall–Kier alpha value is -2.43. The number of carbonyl (C=O) groups excluding carboxylic acids is 2. The number of carbonyl (C=O) groups is 2. The van der Waals surface area contributed by atoms with Gasteiger partial charge in [0.1, 0.15) is 0 Å². The Morgan fingerprint density at radius 1 is 1.35 bits per heavy atom. The molecule has 1 aliphatic rings. The molecule has 0 saturated carbocycles. The average Bonchev–Trinajstić information content (AvgIpc) is 2.81. The molecule has 3 rings (SSSR count). The van der Waals surface area contributed by atoms with Gasteiger partial charge in [-0.05, 0) is 25.5 Å². The van der Waals surface area contributed by atoms with E-state index in [-0.39, 0.29) is 11.7 Å². The van der Waals surface area contributed by atoms with Gasteiger partial charge in [-0.15, -0.1) is 0 Å². The fourth-order valence-electron chi connectivity index (χ4n) is 2.52. The van der Waals surface area contributed by atoms with Gasteiger partial charge in [0, 0.05) is 24.2 Å². The van der Waals surface area contributed by atoms with Gasteiger partial charge in [0.2, 0.25) is 0 Å². The van der Waals surface area contributed by atoms with E-state index in [1.165, 1.54) is 6.20 Å². The van der Waals surface area contributed by atoms with Crippen LogP contribution in [-0.2, 0) is 0 Å². The number of benzene rings is 1. The number of rotatable bonds is 1. The summed E-state index contributed by atoms with van der Waals surface area (Å²) in [6.07, 6.45) is 2.69. The van der Waals surface area contributed by atoms with Crippen LogP contribution in [0.5, 0.6) is 0 Å². The lowest BCUT2D eigenvalue weighted by Gasteiger charge is -2.22. The Morgan fingerprint density at radius 2 is 2.15 bits per heavy atom. The molecular weight excluding hydrogens is 254 g/mol. The molecule has 1 amide bonds. The molecule has 5 nitrogen and oxygen atoms in total. The summed E-state index contributed by atoms with van der Waals surface area (Å²) in [5, 5.41) is 6.67. The molecule has 1 aromatic heterocycles. The number of anilines is 1. The minimum Gasteiger partial charge on any atom is -0.308 e. The van der Waals surface area contributed by atoms with Crippen molar-refractivity contribution in [2.45, 2.75) is 19.8 Å². The standard InChI is InChI=1S/C15H15N3O2/c1-10-12(9-16-17-10)15(20)18-8-4-7-14(19)11-5-2-3-6-13(11)18/h2-3,5-6,9H,4,7-8H2,1H3,(H,16,17). The summed E-state index contributed by atoms with van der Waals surface area (Å²) in [6, 6.07) is 7.28. The van der Waals surface area contributed by atoms with Crippen molar-refractivity contribution in [1.82, 2.24) is 10.2 Å². The predicted molar refractivity (Wildman–Crippen MR) is 75.0 cm³/mol. The zero-order chi connectivity index (χ0) is 14.1. The number of Topliss-reactive ketones (excluding diaryl/α,β-unsaturated/α-hetero) is 1. The molecular formula is C15H15N3O2. The van der Waals surface area contributed by atoms with E-state index >= 15 is 0 Å². The van der Waals surface area contributed by atoms with E-state index in [0.29, 0.717) is 36.2 Å². The summed E-state index contributed by atoms with van der Waals surface area (Å²) in [5.74, 6) is -0.0155. The first-order chi connectivity index (χ1) is 9.68. The van der Waals surface area contributed by atoms with Crippen LogP contribution in [0.2, 0.25) is 0 Å². The number of H-pyrrole nitrogens is 1. The van der Waals surface area contributed by atoms with Crippen LogP contribution in [0.3, 0.4) is 0 Å². The molecule has 20 heavy (non-hydrogen) atoms. The van der Waals surface area contributed by atoms with E-state index in [1.807, 2.05) is 25.1 Å². The van der Waals surface area contributed by atoms with E-state index in [0.717, 1.165) is 5.69 Å². The number of aromatic nitrogens is 2. The fourth-order valence-corrected chi connectivity index (χ4v) is 2.52. The Kier molecular flexibility index (Phi) is 3.10. The summed E-state index contributed by atoms with van der Waals surface area (Å²) < 4.78 is 0. The zero-order valence-electron chi connectivity index (χ0n) is 11.2. The Labute approximate surface area is 116 Å². The van der Waals surface area contributed by atoms with Crippen molar-refractivity contribution in [1.29, 1.82) is 0 Å². The van der Waals surface area contributed by atoms with Crippen molar-refractivity contribution in [3.05, 3.63) is 47.3 Å². The molecule has 1 aromatic carbocycles. The summed E-state index contributed by atoms with van der Waals surface area (Å²) >= 11 is 0. The van der Waals surface area contributed by atoms with Gasteiger partial charge in [0.05, 0.1) is 17.4 Å². The van der Waals surface area contributed by atoms with E-state index in [2.05, 4.69) is 10.2 Å². The minimum atomic E-state index is -0.113. The molecule has 0 atom stereocenters. The zero-order valence-corrected chi connectivity index (χ0v) is 11.2. The molecule has 0 spiro atoms. The number of hydrogen-bond donors (Lipinski definition) is 1. The van der Waals surface area contributed by atoms with Gasteiger partial charge in [0.25, 0.3) is 5.91 Å². The van der Waals surface area contributed by atoms with E-state index in [9.17, 15) is 9.59 Å². The summed E-state index contributed by atoms with van der Waals surface area (Å²) in [6.45, 7) is 2.36. The highest BCUT2D eigenvalue weighted by Gasteiger charge is 2.26. The maximum atomic E-state index is 12.7. The van der Waals surface area contributed by atoms with Crippen molar-refractivity contribution in [3.63, 3.8) is 0 Å². The largest absolute Gasteiger partial charge is 0.308 e. The monoisotopic (exact) mass is 269 g/mol. The molecule has 0 unspecified atom stereocenters. The highest BCUT2D eigenvalue weighted by atomic mass is 16.2. The Morgan fingerprint density at radius 3 is 2.90 bits per heavy atom. The first-order valence-corrected chi connectivity index (χ1v) is 6.62. The molecule has 0 saturated heterocycles. The number of nitrogens with zero attached hydrogens (tertiary/aromatic N) is 2. The first-order valence-electron chi connectivity index (χ1n) is 6.62. The van der Waals surface area contributed by atoms with Crippen LogP contribution in [0.1, 0.15) is 39.3 Å². The molecule has 1 N–H and O–H groups in total. The quantitative estimate of drug-likeness (QED) is 0.864. The first kappa shape index (κ1) is 12.6. The second-order valence-corrected chi connectivity index (χ2v) is 4.91. The number of ketones is 1. The number of aromatic amines is 1. The smallest absolute Gasteiger partial charge is 0.261 e. The summed E-state index contributed by atoms with van der Waals surface area (Å²) in [5.41, 5.74) is 2.61. The maximum absolute atomic E-state index is 12.7. The molecule has 0 aliphatic carbocycles. The second-order valence-electron chi connectivity index (χ2n) is 4.91. The second kappa shape index (κ2) is 4.92. The third kappa shape index (κ3) is 2.01. The lowest BCUT2D eigenvalue weighted by atomic mass is 10.1. The van der Waals surface area contributed by atoms with Crippen LogP contribution in [0.15, 0.2) is 30.5 Å². The normalized spacial score (nSPS) is 14.8. The molecule has 2 heterocycles. The number of amides is 1. The number of hydrogen-bond acceptors (Lipinski definition) is 3. The minimum absolute atomic E-state index is 0.0971. The molecule has 0 fully saturated rings. The molecule has 0 radical (unpaired) electrons. The van der Waals surface area contributed by atoms with Crippen molar-refractivity contribution in [3.8, 4) is 0 Å². The van der Waals surface area contributed by atoms with Crippen molar-refractivity contribution in [2.75, 3.05) is 11.4 Å². The SMILES string of the molecule is Cc1[nH]ncc1C(=O)N1CCCC(=O)c2ccccc21. The third-order valence-electron chi connectivity index (χ3n) is 3.59.